The zero-order valence-corrected chi connectivity index (χ0v) is 14.7. The lowest BCUT2D eigenvalue weighted by molar-refractivity contribution is 0.0440. The summed E-state index contributed by atoms with van der Waals surface area (Å²) in [6.07, 6.45) is 4.75. The van der Waals surface area contributed by atoms with Gasteiger partial charge in [-0.15, -0.1) is 0 Å². The normalized spacial score (nSPS) is 20.6. The summed E-state index contributed by atoms with van der Waals surface area (Å²) in [6.45, 7) is 7.17. The molecular weight excluding hydrogens is 328 g/mol. The summed E-state index contributed by atoms with van der Waals surface area (Å²) in [5.74, 6) is 0. The standard InChI is InChI=1S/C17H27BrN2O/c1-3-9-21-15-5-4-8-20(12-15)17-7-6-14(10-13(2)19)11-16(17)18/h6-7,11,13,15H,3-5,8-10,12,19H2,1-2H3. The van der Waals surface area contributed by atoms with Crippen LogP contribution in [0.5, 0.6) is 0 Å². The van der Waals surface area contributed by atoms with Gasteiger partial charge in [-0.3, -0.25) is 0 Å². The molecule has 0 amide bonds. The number of nitrogens with two attached hydrogens (primary N) is 1. The fourth-order valence-corrected chi connectivity index (χ4v) is 3.56. The SMILES string of the molecule is CCCOC1CCCN(c2ccc(CC(C)N)cc2Br)C1. The van der Waals surface area contributed by atoms with Crippen molar-refractivity contribution in [2.75, 3.05) is 24.6 Å². The van der Waals surface area contributed by atoms with Gasteiger partial charge in [0.15, 0.2) is 0 Å². The molecule has 1 aliphatic rings. The quantitative estimate of drug-likeness (QED) is 0.845. The van der Waals surface area contributed by atoms with Gasteiger partial charge in [-0.25, -0.2) is 0 Å². The molecule has 0 aromatic heterocycles. The minimum absolute atomic E-state index is 0.199. The van der Waals surface area contributed by atoms with E-state index in [1.165, 1.54) is 24.1 Å². The minimum atomic E-state index is 0.199. The second-order valence-electron chi connectivity index (χ2n) is 6.05. The summed E-state index contributed by atoms with van der Waals surface area (Å²) in [5, 5.41) is 0. The Labute approximate surface area is 137 Å². The lowest BCUT2D eigenvalue weighted by atomic mass is 10.0. The second-order valence-corrected chi connectivity index (χ2v) is 6.90. The fraction of sp³-hybridized carbons (Fsp3) is 0.647. The molecule has 0 radical (unpaired) electrons. The van der Waals surface area contributed by atoms with Crippen LogP contribution >= 0.6 is 15.9 Å². The highest BCUT2D eigenvalue weighted by molar-refractivity contribution is 9.10. The van der Waals surface area contributed by atoms with Gasteiger partial charge in [0.25, 0.3) is 0 Å². The van der Waals surface area contributed by atoms with E-state index >= 15 is 0 Å². The van der Waals surface area contributed by atoms with E-state index in [2.05, 4.69) is 46.0 Å². The predicted molar refractivity (Wildman–Crippen MR) is 93.0 cm³/mol. The van der Waals surface area contributed by atoms with Crippen LogP contribution in [-0.4, -0.2) is 31.8 Å². The topological polar surface area (TPSA) is 38.5 Å². The first kappa shape index (κ1) is 16.8. The first-order valence-electron chi connectivity index (χ1n) is 8.00. The molecule has 1 heterocycles. The molecule has 0 bridgehead atoms. The van der Waals surface area contributed by atoms with Gasteiger partial charge in [-0.1, -0.05) is 13.0 Å². The third-order valence-corrected chi connectivity index (χ3v) is 4.48. The van der Waals surface area contributed by atoms with Crippen LogP contribution in [0.2, 0.25) is 0 Å². The van der Waals surface area contributed by atoms with Crippen LogP contribution in [0.1, 0.15) is 38.7 Å². The summed E-state index contributed by atoms with van der Waals surface area (Å²) >= 11 is 3.72. The summed E-state index contributed by atoms with van der Waals surface area (Å²) in [6, 6.07) is 6.81. The van der Waals surface area contributed by atoms with Crippen LogP contribution in [0.3, 0.4) is 0 Å². The van der Waals surface area contributed by atoms with Gasteiger partial charge < -0.3 is 15.4 Å². The number of benzene rings is 1. The third-order valence-electron chi connectivity index (χ3n) is 3.85. The van der Waals surface area contributed by atoms with Crippen molar-refractivity contribution in [2.45, 2.75) is 51.7 Å². The number of hydrogen-bond donors (Lipinski definition) is 1. The molecule has 0 spiro atoms. The molecule has 118 valence electrons. The lowest BCUT2D eigenvalue weighted by Crippen LogP contribution is -2.40. The molecule has 1 aromatic carbocycles. The van der Waals surface area contributed by atoms with Crippen LogP contribution in [-0.2, 0) is 11.2 Å². The molecule has 2 unspecified atom stereocenters. The van der Waals surface area contributed by atoms with E-state index in [4.69, 9.17) is 10.5 Å². The van der Waals surface area contributed by atoms with Crippen molar-refractivity contribution in [1.82, 2.24) is 0 Å². The smallest absolute Gasteiger partial charge is 0.0750 e. The van der Waals surface area contributed by atoms with Crippen molar-refractivity contribution in [2.24, 2.45) is 5.73 Å². The van der Waals surface area contributed by atoms with Crippen molar-refractivity contribution in [3.05, 3.63) is 28.2 Å². The van der Waals surface area contributed by atoms with Crippen molar-refractivity contribution >= 4 is 21.6 Å². The van der Waals surface area contributed by atoms with Gasteiger partial charge in [0.1, 0.15) is 0 Å². The van der Waals surface area contributed by atoms with Gasteiger partial charge in [0.2, 0.25) is 0 Å². The number of piperidine rings is 1. The molecule has 2 N–H and O–H groups in total. The molecule has 0 saturated carbocycles. The summed E-state index contributed by atoms with van der Waals surface area (Å²) in [7, 11) is 0. The first-order chi connectivity index (χ1) is 10.1. The Kier molecular flexibility index (Phi) is 6.52. The number of halogens is 1. The molecule has 1 aromatic rings. The monoisotopic (exact) mass is 354 g/mol. The Hall–Kier alpha value is -0.580. The Morgan fingerprint density at radius 1 is 1.48 bits per heavy atom. The molecule has 0 aliphatic carbocycles. The van der Waals surface area contributed by atoms with Crippen LogP contribution in [0.4, 0.5) is 5.69 Å². The van der Waals surface area contributed by atoms with E-state index in [1.807, 2.05) is 6.92 Å². The number of anilines is 1. The zero-order valence-electron chi connectivity index (χ0n) is 13.1. The van der Waals surface area contributed by atoms with Gasteiger partial charge in [-0.05, 0) is 66.2 Å². The van der Waals surface area contributed by atoms with E-state index in [0.717, 1.165) is 37.0 Å². The molecule has 4 heteroatoms. The molecule has 1 saturated heterocycles. The van der Waals surface area contributed by atoms with E-state index in [-0.39, 0.29) is 6.04 Å². The largest absolute Gasteiger partial charge is 0.376 e. The van der Waals surface area contributed by atoms with Crippen molar-refractivity contribution in [3.8, 4) is 0 Å². The number of ether oxygens (including phenoxy) is 1. The van der Waals surface area contributed by atoms with Crippen molar-refractivity contribution in [3.63, 3.8) is 0 Å². The van der Waals surface area contributed by atoms with Gasteiger partial charge in [0.05, 0.1) is 11.8 Å². The molecule has 2 rings (SSSR count). The molecule has 2 atom stereocenters. The highest BCUT2D eigenvalue weighted by Gasteiger charge is 2.21. The molecule has 1 fully saturated rings. The first-order valence-corrected chi connectivity index (χ1v) is 8.80. The molecule has 3 nitrogen and oxygen atoms in total. The predicted octanol–water partition coefficient (Wildman–Crippen LogP) is 3.73. The minimum Gasteiger partial charge on any atom is -0.376 e. The fourth-order valence-electron chi connectivity index (χ4n) is 2.88. The van der Waals surface area contributed by atoms with Crippen LogP contribution in [0.15, 0.2) is 22.7 Å². The lowest BCUT2D eigenvalue weighted by Gasteiger charge is -2.35. The van der Waals surface area contributed by atoms with Crippen molar-refractivity contribution in [1.29, 1.82) is 0 Å². The third kappa shape index (κ3) is 4.97. The number of nitrogens with zero attached hydrogens (tertiary/aromatic N) is 1. The Balaban J connectivity index is 2.03. The van der Waals surface area contributed by atoms with Crippen LogP contribution in [0.25, 0.3) is 0 Å². The second kappa shape index (κ2) is 8.16. The summed E-state index contributed by atoms with van der Waals surface area (Å²) in [5.41, 5.74) is 8.44. The van der Waals surface area contributed by atoms with E-state index in [9.17, 15) is 0 Å². The summed E-state index contributed by atoms with van der Waals surface area (Å²) < 4.78 is 7.09. The van der Waals surface area contributed by atoms with Crippen LogP contribution in [0, 0.1) is 0 Å². The van der Waals surface area contributed by atoms with E-state index in [1.54, 1.807) is 0 Å². The average Bonchev–Trinajstić information content (AvgIpc) is 2.45. The highest BCUT2D eigenvalue weighted by atomic mass is 79.9. The zero-order chi connectivity index (χ0) is 15.2. The van der Waals surface area contributed by atoms with Gasteiger partial charge in [-0.2, -0.15) is 0 Å². The van der Waals surface area contributed by atoms with E-state index in [0.29, 0.717) is 6.10 Å². The number of rotatable bonds is 6. The maximum atomic E-state index is 5.93. The van der Waals surface area contributed by atoms with Gasteiger partial charge in [0, 0.05) is 30.2 Å². The molecule has 1 aliphatic heterocycles. The van der Waals surface area contributed by atoms with Crippen molar-refractivity contribution < 1.29 is 4.74 Å². The Morgan fingerprint density at radius 3 is 2.95 bits per heavy atom. The molecule has 21 heavy (non-hydrogen) atoms. The molecular formula is C17H27BrN2O. The number of hydrogen-bond acceptors (Lipinski definition) is 3. The Morgan fingerprint density at radius 2 is 2.29 bits per heavy atom. The highest BCUT2D eigenvalue weighted by Crippen LogP contribution is 2.30. The maximum Gasteiger partial charge on any atom is 0.0750 e. The van der Waals surface area contributed by atoms with Gasteiger partial charge >= 0.3 is 0 Å². The summed E-state index contributed by atoms with van der Waals surface area (Å²) in [4.78, 5) is 2.43. The van der Waals surface area contributed by atoms with Crippen LogP contribution < -0.4 is 10.6 Å². The average molecular weight is 355 g/mol. The Bertz CT molecular complexity index is 450. The maximum absolute atomic E-state index is 5.93. The van der Waals surface area contributed by atoms with E-state index < -0.39 is 0 Å².